The molecule has 1 aliphatic rings. The Morgan fingerprint density at radius 2 is 1.76 bits per heavy atom. The highest BCUT2D eigenvalue weighted by molar-refractivity contribution is 7.99. The van der Waals surface area contributed by atoms with Crippen molar-refractivity contribution in [1.29, 1.82) is 0 Å². The molecule has 1 fully saturated rings. The quantitative estimate of drug-likeness (QED) is 0.450. The fourth-order valence-electron chi connectivity index (χ4n) is 4.06. The number of carbonyl (C=O) groups is 1. The second-order valence-corrected chi connectivity index (χ2v) is 9.37. The Hall–Kier alpha value is -2.71. The van der Waals surface area contributed by atoms with Crippen molar-refractivity contribution < 1.29 is 9.18 Å². The summed E-state index contributed by atoms with van der Waals surface area (Å²) in [6, 6.07) is 16.2. The van der Waals surface area contributed by atoms with Crippen LogP contribution >= 0.6 is 11.8 Å². The van der Waals surface area contributed by atoms with Gasteiger partial charge in [-0.05, 0) is 62.7 Å². The molecule has 0 aliphatic carbocycles. The van der Waals surface area contributed by atoms with E-state index in [1.165, 1.54) is 43.2 Å². The third-order valence-corrected chi connectivity index (χ3v) is 7.09. The SMILES string of the molecule is CC(c1ccc(F)cc1)N(C)C(=O)CSc1nnc(CN2CCCCC2)n1-c1ccccc1. The smallest absolute Gasteiger partial charge is 0.233 e. The molecule has 1 saturated heterocycles. The van der Waals surface area contributed by atoms with Crippen LogP contribution in [0.1, 0.15) is 43.6 Å². The zero-order chi connectivity index (χ0) is 23.2. The number of para-hydroxylation sites is 1. The van der Waals surface area contributed by atoms with Crippen molar-refractivity contribution in [3.05, 3.63) is 71.8 Å². The zero-order valence-corrected chi connectivity index (χ0v) is 20.0. The number of nitrogens with zero attached hydrogens (tertiary/aromatic N) is 5. The molecule has 1 amide bonds. The zero-order valence-electron chi connectivity index (χ0n) is 19.2. The van der Waals surface area contributed by atoms with Crippen molar-refractivity contribution in [2.24, 2.45) is 0 Å². The number of hydrogen-bond acceptors (Lipinski definition) is 5. The predicted molar refractivity (Wildman–Crippen MR) is 129 cm³/mol. The van der Waals surface area contributed by atoms with Crippen molar-refractivity contribution in [2.45, 2.75) is 43.9 Å². The topological polar surface area (TPSA) is 54.3 Å². The van der Waals surface area contributed by atoms with Crippen molar-refractivity contribution >= 4 is 17.7 Å². The van der Waals surface area contributed by atoms with E-state index in [1.54, 1.807) is 24.1 Å². The number of benzene rings is 2. The molecule has 0 spiro atoms. The number of rotatable bonds is 8. The first-order valence-electron chi connectivity index (χ1n) is 11.4. The van der Waals surface area contributed by atoms with E-state index in [-0.39, 0.29) is 23.5 Å². The van der Waals surface area contributed by atoms with Crippen LogP contribution in [0.15, 0.2) is 59.8 Å². The van der Waals surface area contributed by atoms with Crippen LogP contribution in [0.25, 0.3) is 5.69 Å². The lowest BCUT2D eigenvalue weighted by Gasteiger charge is -2.26. The second-order valence-electron chi connectivity index (χ2n) is 8.43. The number of thioether (sulfide) groups is 1. The maximum atomic E-state index is 13.2. The van der Waals surface area contributed by atoms with Gasteiger partial charge in [0.15, 0.2) is 11.0 Å². The summed E-state index contributed by atoms with van der Waals surface area (Å²) < 4.78 is 15.3. The maximum Gasteiger partial charge on any atom is 0.233 e. The van der Waals surface area contributed by atoms with Gasteiger partial charge < -0.3 is 4.90 Å². The molecule has 3 aromatic rings. The van der Waals surface area contributed by atoms with E-state index in [1.807, 2.05) is 37.3 Å². The fraction of sp³-hybridized carbons (Fsp3) is 0.400. The monoisotopic (exact) mass is 467 g/mol. The molecule has 8 heteroatoms. The number of amides is 1. The number of halogens is 1. The van der Waals surface area contributed by atoms with Gasteiger partial charge in [-0.25, -0.2) is 4.39 Å². The summed E-state index contributed by atoms with van der Waals surface area (Å²) in [7, 11) is 1.78. The number of aromatic nitrogens is 3. The minimum Gasteiger partial charge on any atom is -0.338 e. The summed E-state index contributed by atoms with van der Waals surface area (Å²) in [5.41, 5.74) is 1.89. The molecule has 0 radical (unpaired) electrons. The van der Waals surface area contributed by atoms with Gasteiger partial charge in [-0.1, -0.05) is 48.5 Å². The van der Waals surface area contributed by atoms with Gasteiger partial charge in [0, 0.05) is 12.7 Å². The summed E-state index contributed by atoms with van der Waals surface area (Å²) in [5, 5.41) is 9.64. The van der Waals surface area contributed by atoms with Crippen LogP contribution in [0.2, 0.25) is 0 Å². The lowest BCUT2D eigenvalue weighted by Crippen LogP contribution is -2.31. The number of likely N-dealkylation sites (tertiary alicyclic amines) is 1. The minimum absolute atomic E-state index is 0.0167. The second kappa shape index (κ2) is 10.9. The molecule has 2 heterocycles. The van der Waals surface area contributed by atoms with Gasteiger partial charge in [0.05, 0.1) is 18.3 Å². The third kappa shape index (κ3) is 5.81. The van der Waals surface area contributed by atoms with Gasteiger partial charge in [0.2, 0.25) is 5.91 Å². The maximum absolute atomic E-state index is 13.2. The van der Waals surface area contributed by atoms with Gasteiger partial charge in [0.25, 0.3) is 0 Å². The highest BCUT2D eigenvalue weighted by Gasteiger charge is 2.22. The summed E-state index contributed by atoms with van der Waals surface area (Å²) in [6.45, 7) is 4.85. The first-order chi connectivity index (χ1) is 16.0. The average molecular weight is 468 g/mol. The number of carbonyl (C=O) groups excluding carboxylic acids is 1. The van der Waals surface area contributed by atoms with E-state index >= 15 is 0 Å². The Balaban J connectivity index is 1.47. The summed E-state index contributed by atoms with van der Waals surface area (Å²) in [4.78, 5) is 17.0. The van der Waals surface area contributed by atoms with Crippen molar-refractivity contribution in [2.75, 3.05) is 25.9 Å². The molecule has 174 valence electrons. The van der Waals surface area contributed by atoms with E-state index < -0.39 is 0 Å². The molecule has 2 aromatic carbocycles. The largest absolute Gasteiger partial charge is 0.338 e. The molecular weight excluding hydrogens is 437 g/mol. The summed E-state index contributed by atoms with van der Waals surface area (Å²) >= 11 is 1.40. The third-order valence-electron chi connectivity index (χ3n) is 6.18. The fourth-order valence-corrected chi connectivity index (χ4v) is 4.95. The van der Waals surface area contributed by atoms with Crippen LogP contribution in [0.4, 0.5) is 4.39 Å². The van der Waals surface area contributed by atoms with E-state index in [0.29, 0.717) is 5.16 Å². The lowest BCUT2D eigenvalue weighted by molar-refractivity contribution is -0.128. The van der Waals surface area contributed by atoms with E-state index in [9.17, 15) is 9.18 Å². The Morgan fingerprint density at radius 1 is 1.06 bits per heavy atom. The number of piperidine rings is 1. The molecule has 1 aliphatic heterocycles. The molecule has 33 heavy (non-hydrogen) atoms. The average Bonchev–Trinajstić information content (AvgIpc) is 3.25. The van der Waals surface area contributed by atoms with Crippen molar-refractivity contribution in [3.8, 4) is 5.69 Å². The lowest BCUT2D eigenvalue weighted by atomic mass is 10.1. The Morgan fingerprint density at radius 3 is 2.45 bits per heavy atom. The highest BCUT2D eigenvalue weighted by atomic mass is 32.2. The molecule has 1 unspecified atom stereocenters. The molecule has 4 rings (SSSR count). The van der Waals surface area contributed by atoms with Crippen LogP contribution < -0.4 is 0 Å². The Labute approximate surface area is 198 Å². The van der Waals surface area contributed by atoms with Crippen LogP contribution in [0.5, 0.6) is 0 Å². The van der Waals surface area contributed by atoms with Gasteiger partial charge in [-0.3, -0.25) is 14.3 Å². The Kier molecular flexibility index (Phi) is 7.77. The van der Waals surface area contributed by atoms with Gasteiger partial charge in [-0.2, -0.15) is 0 Å². The summed E-state index contributed by atoms with van der Waals surface area (Å²) in [5.74, 6) is 0.843. The van der Waals surface area contributed by atoms with E-state index in [2.05, 4.69) is 19.7 Å². The van der Waals surface area contributed by atoms with Crippen LogP contribution in [-0.2, 0) is 11.3 Å². The molecule has 0 saturated carbocycles. The van der Waals surface area contributed by atoms with E-state index in [0.717, 1.165) is 36.7 Å². The van der Waals surface area contributed by atoms with Gasteiger partial charge in [0.1, 0.15) is 5.82 Å². The molecular formula is C25H30FN5OS. The molecule has 6 nitrogen and oxygen atoms in total. The van der Waals surface area contributed by atoms with Gasteiger partial charge >= 0.3 is 0 Å². The van der Waals surface area contributed by atoms with E-state index in [4.69, 9.17) is 0 Å². The molecule has 1 atom stereocenters. The standard InChI is InChI=1S/C25H30FN5OS/c1-19(20-11-13-21(26)14-12-20)29(2)24(32)18-33-25-28-27-23(17-30-15-7-4-8-16-30)31(25)22-9-5-3-6-10-22/h3,5-6,9-14,19H,4,7-8,15-18H2,1-2H3. The van der Waals surface area contributed by atoms with Crippen LogP contribution in [-0.4, -0.2) is 56.4 Å². The minimum atomic E-state index is -0.281. The van der Waals surface area contributed by atoms with Gasteiger partial charge in [-0.15, -0.1) is 10.2 Å². The highest BCUT2D eigenvalue weighted by Crippen LogP contribution is 2.25. The summed E-state index contributed by atoms with van der Waals surface area (Å²) in [6.07, 6.45) is 3.72. The number of hydrogen-bond donors (Lipinski definition) is 0. The molecule has 0 N–H and O–H groups in total. The predicted octanol–water partition coefficient (Wildman–Crippen LogP) is 4.70. The molecule has 0 bridgehead atoms. The first-order valence-corrected chi connectivity index (χ1v) is 12.4. The molecule has 1 aromatic heterocycles. The first kappa shape index (κ1) is 23.4. The van der Waals surface area contributed by atoms with Crippen molar-refractivity contribution in [1.82, 2.24) is 24.6 Å². The normalized spacial score (nSPS) is 15.4. The Bertz CT molecular complexity index is 1050. The van der Waals surface area contributed by atoms with Crippen LogP contribution in [0.3, 0.4) is 0 Å². The van der Waals surface area contributed by atoms with Crippen molar-refractivity contribution in [3.63, 3.8) is 0 Å². The van der Waals surface area contributed by atoms with Crippen LogP contribution in [0, 0.1) is 5.82 Å².